The Morgan fingerprint density at radius 3 is 1.17 bits per heavy atom. The van der Waals surface area contributed by atoms with E-state index in [0.717, 1.165) is 24.9 Å². The van der Waals surface area contributed by atoms with Crippen molar-refractivity contribution in [1.29, 1.82) is 0 Å². The predicted octanol–water partition coefficient (Wildman–Crippen LogP) is 8.42. The van der Waals surface area contributed by atoms with Crippen molar-refractivity contribution in [2.24, 2.45) is 0 Å². The molecule has 6 aromatic rings. The van der Waals surface area contributed by atoms with Gasteiger partial charge < -0.3 is 4.43 Å². The zero-order valence-electron chi connectivity index (χ0n) is 31.0. The number of hydrogen-bond acceptors (Lipinski definition) is 1. The van der Waals surface area contributed by atoms with Gasteiger partial charge in [-0.3, -0.25) is 0 Å². The summed E-state index contributed by atoms with van der Waals surface area (Å²) < 4.78 is 7.98. The highest BCUT2D eigenvalue weighted by atomic mass is 28.3. The highest BCUT2D eigenvalue weighted by molar-refractivity contribution is 7.17. The molecule has 0 aliphatic heterocycles. The molecular formula is C49H49OSi3. The van der Waals surface area contributed by atoms with Crippen molar-refractivity contribution in [1.82, 2.24) is 0 Å². The highest BCUT2D eigenvalue weighted by Gasteiger charge is 2.58. The first-order valence-electron chi connectivity index (χ1n) is 19.6. The average molecular weight is 738 g/mol. The molecule has 0 saturated carbocycles. The van der Waals surface area contributed by atoms with Crippen LogP contribution < -0.4 is 31.1 Å². The Balaban J connectivity index is 1.60. The van der Waals surface area contributed by atoms with Crippen LogP contribution in [-0.2, 0) is 4.43 Å². The van der Waals surface area contributed by atoms with Crippen molar-refractivity contribution in [2.75, 3.05) is 0 Å². The molecule has 6 aromatic carbocycles. The molecule has 0 bridgehead atoms. The second kappa shape index (κ2) is 15.7. The molecule has 8 rings (SSSR count). The zero-order chi connectivity index (χ0) is 36.1. The molecule has 1 radical (unpaired) electrons. The largest absolute Gasteiger partial charge is 0.545 e. The third kappa shape index (κ3) is 6.07. The van der Waals surface area contributed by atoms with Gasteiger partial charge in [0.1, 0.15) is 0 Å². The maximum Gasteiger partial charge on any atom is 0.279 e. The van der Waals surface area contributed by atoms with Crippen LogP contribution in [0.3, 0.4) is 0 Å². The molecule has 4 heteroatoms. The topological polar surface area (TPSA) is 9.23 Å². The molecule has 0 fully saturated rings. The minimum Gasteiger partial charge on any atom is -0.545 e. The van der Waals surface area contributed by atoms with Gasteiger partial charge in [0.15, 0.2) is 16.1 Å². The van der Waals surface area contributed by atoms with E-state index in [1.54, 1.807) is 16.3 Å². The Bertz CT molecular complexity index is 1970. The molecule has 263 valence electrons. The maximum atomic E-state index is 7.98. The Morgan fingerprint density at radius 1 is 0.472 bits per heavy atom. The molecule has 0 saturated heterocycles. The molecule has 2 aliphatic rings. The van der Waals surface area contributed by atoms with Crippen LogP contribution in [0.15, 0.2) is 204 Å². The summed E-state index contributed by atoms with van der Waals surface area (Å²) in [6.07, 6.45) is 4.63. The Labute approximate surface area is 320 Å². The van der Waals surface area contributed by atoms with E-state index in [9.17, 15) is 0 Å². The van der Waals surface area contributed by atoms with E-state index in [1.807, 2.05) is 0 Å². The normalized spacial score (nSPS) is 16.2. The van der Waals surface area contributed by atoms with Gasteiger partial charge in [-0.25, -0.2) is 0 Å². The van der Waals surface area contributed by atoms with Crippen molar-refractivity contribution in [2.45, 2.75) is 57.2 Å². The summed E-state index contributed by atoms with van der Waals surface area (Å²) in [5.41, 5.74) is 3.39. The monoisotopic (exact) mass is 737 g/mol. The smallest absolute Gasteiger partial charge is 0.279 e. The van der Waals surface area contributed by atoms with Gasteiger partial charge in [0.25, 0.3) is 9.04 Å². The van der Waals surface area contributed by atoms with Crippen molar-refractivity contribution >= 4 is 56.3 Å². The molecular weight excluding hydrogens is 689 g/mol. The zero-order valence-corrected chi connectivity index (χ0v) is 34.0. The van der Waals surface area contributed by atoms with Crippen LogP contribution in [0.2, 0.25) is 17.6 Å². The molecule has 1 atom stereocenters. The van der Waals surface area contributed by atoms with Gasteiger partial charge in [-0.15, -0.1) is 0 Å². The third-order valence-electron chi connectivity index (χ3n) is 11.8. The number of benzene rings is 6. The van der Waals surface area contributed by atoms with E-state index in [0.29, 0.717) is 0 Å². The first kappa shape index (κ1) is 35.3. The SMILES string of the molecule is CC[Si](CC)OC1=C([Si](c2ccccc2)(c2ccccc2)c2ccccc2)C2=C(CCCC2)C1[Si](c1ccccc1)(c1ccccc1)c1ccccc1. The fourth-order valence-corrected chi connectivity index (χ4v) is 22.1. The first-order valence-corrected chi connectivity index (χ1v) is 25.5. The molecule has 1 unspecified atom stereocenters. The fourth-order valence-electron chi connectivity index (χ4n) is 9.61. The van der Waals surface area contributed by atoms with Crippen molar-refractivity contribution in [3.63, 3.8) is 0 Å². The van der Waals surface area contributed by atoms with Crippen molar-refractivity contribution in [3.8, 4) is 0 Å². The van der Waals surface area contributed by atoms with Gasteiger partial charge in [-0.05, 0) is 79.7 Å². The molecule has 0 spiro atoms. The quantitative estimate of drug-likeness (QED) is 0.0906. The van der Waals surface area contributed by atoms with Crippen molar-refractivity contribution < 1.29 is 4.43 Å². The predicted molar refractivity (Wildman–Crippen MR) is 232 cm³/mol. The van der Waals surface area contributed by atoms with Crippen molar-refractivity contribution in [3.05, 3.63) is 204 Å². The lowest BCUT2D eigenvalue weighted by Gasteiger charge is -2.43. The average Bonchev–Trinajstić information content (AvgIpc) is 3.57. The van der Waals surface area contributed by atoms with Gasteiger partial charge in [-0.2, -0.15) is 0 Å². The van der Waals surface area contributed by atoms with Crippen LogP contribution in [0.25, 0.3) is 0 Å². The lowest BCUT2D eigenvalue weighted by Crippen LogP contribution is -2.71. The molecule has 0 aromatic heterocycles. The highest BCUT2D eigenvalue weighted by Crippen LogP contribution is 2.54. The van der Waals surface area contributed by atoms with Gasteiger partial charge in [0.2, 0.25) is 0 Å². The molecule has 0 amide bonds. The second-order valence-electron chi connectivity index (χ2n) is 14.5. The molecule has 2 aliphatic carbocycles. The van der Waals surface area contributed by atoms with E-state index < -0.39 is 25.2 Å². The van der Waals surface area contributed by atoms with Crippen LogP contribution >= 0.6 is 0 Å². The molecule has 0 heterocycles. The van der Waals surface area contributed by atoms with E-state index in [2.05, 4.69) is 196 Å². The van der Waals surface area contributed by atoms with Crippen LogP contribution in [0.1, 0.15) is 39.5 Å². The van der Waals surface area contributed by atoms with Crippen LogP contribution in [0.4, 0.5) is 0 Å². The van der Waals surface area contributed by atoms with Crippen LogP contribution in [0, 0.1) is 0 Å². The first-order chi connectivity index (χ1) is 26.2. The van der Waals surface area contributed by atoms with Crippen LogP contribution in [-0.4, -0.2) is 25.2 Å². The third-order valence-corrected chi connectivity index (χ3v) is 24.0. The maximum absolute atomic E-state index is 7.98. The second-order valence-corrected chi connectivity index (χ2v) is 24.8. The standard InChI is InChI=1S/C49H49OSi3/c1-3-51(4-2)50-47-48(52(39-25-11-5-12-26-39,40-27-13-6-14-28-40)41-29-15-7-16-30-41)45-37-23-24-38-46(45)49(47)53(42-31-17-8-18-32-42,43-33-19-9-20-34-43)44-35-21-10-22-36-44/h5-22,25-36,48H,3-4,23-24,37-38H2,1-2H3. The molecule has 53 heavy (non-hydrogen) atoms. The fraction of sp³-hybridized carbons (Fsp3) is 0.184. The van der Waals surface area contributed by atoms with E-state index in [-0.39, 0.29) is 5.54 Å². The lowest BCUT2D eigenvalue weighted by molar-refractivity contribution is 0.416. The van der Waals surface area contributed by atoms with Gasteiger partial charge in [-0.1, -0.05) is 201 Å². The summed E-state index contributed by atoms with van der Waals surface area (Å²) >= 11 is 0. The summed E-state index contributed by atoms with van der Waals surface area (Å²) in [5, 5.41) is 10.2. The lowest BCUT2D eigenvalue weighted by atomic mass is 9.93. The van der Waals surface area contributed by atoms with E-state index in [1.165, 1.54) is 49.7 Å². The van der Waals surface area contributed by atoms with Gasteiger partial charge >= 0.3 is 0 Å². The van der Waals surface area contributed by atoms with Gasteiger partial charge in [0, 0.05) is 5.54 Å². The summed E-state index contributed by atoms with van der Waals surface area (Å²) in [6.45, 7) is 4.70. The van der Waals surface area contributed by atoms with Gasteiger partial charge in [0.05, 0.1) is 5.76 Å². The Hall–Kier alpha value is -4.75. The van der Waals surface area contributed by atoms with Crippen LogP contribution in [0.5, 0.6) is 0 Å². The number of hydrogen-bond donors (Lipinski definition) is 0. The summed E-state index contributed by atoms with van der Waals surface area (Å²) in [4.78, 5) is 0. The van der Waals surface area contributed by atoms with E-state index >= 15 is 0 Å². The molecule has 0 N–H and O–H groups in total. The van der Waals surface area contributed by atoms with E-state index in [4.69, 9.17) is 4.43 Å². The summed E-state index contributed by atoms with van der Waals surface area (Å²) in [6, 6.07) is 71.6. The number of rotatable bonds is 12. The Morgan fingerprint density at radius 2 is 0.811 bits per heavy atom. The Kier molecular flexibility index (Phi) is 10.4. The minimum atomic E-state index is -2.94. The summed E-state index contributed by atoms with van der Waals surface area (Å²) in [5.74, 6) is 1.31. The molecule has 1 nitrogen and oxygen atoms in total. The number of allylic oxidation sites excluding steroid dienone is 3. The minimum absolute atomic E-state index is 0.140. The summed E-state index contributed by atoms with van der Waals surface area (Å²) in [7, 11) is -6.98.